The van der Waals surface area contributed by atoms with Crippen molar-refractivity contribution in [3.05, 3.63) is 47.4 Å². The van der Waals surface area contributed by atoms with Crippen LogP contribution in [0.1, 0.15) is 68.3 Å². The van der Waals surface area contributed by atoms with Crippen molar-refractivity contribution in [1.82, 2.24) is 4.98 Å². The molecule has 6 nitrogen and oxygen atoms in total. The standard InChI is InChI=1S/C13H12FNO2.C11H17NO2/c14-11-7-8(15-5-1-2-13(15)17)6-10-9(11)3-4-12(10)16;1-3-5-10(4-2)14-11-7-6-9(13)8-12-11/h6-7H,1-5H2;6-8,10,13H,3-5H2,1-2H3. The van der Waals surface area contributed by atoms with Crippen LogP contribution in [0.4, 0.5) is 10.1 Å². The van der Waals surface area contributed by atoms with Gasteiger partial charge in [0.1, 0.15) is 17.7 Å². The molecule has 1 aliphatic heterocycles. The van der Waals surface area contributed by atoms with Gasteiger partial charge in [0.15, 0.2) is 5.78 Å². The van der Waals surface area contributed by atoms with Crippen LogP contribution in [0.15, 0.2) is 30.5 Å². The van der Waals surface area contributed by atoms with Crippen LogP contribution in [-0.2, 0) is 11.2 Å². The zero-order valence-electron chi connectivity index (χ0n) is 18.1. The molecule has 31 heavy (non-hydrogen) atoms. The Hall–Kier alpha value is -2.96. The number of carbonyl (C=O) groups excluding carboxylic acids is 2. The maximum atomic E-state index is 13.8. The molecule has 0 saturated carbocycles. The normalized spacial score (nSPS) is 16.0. The highest BCUT2D eigenvalue weighted by molar-refractivity contribution is 6.03. The molecule has 1 N–H and O–H groups in total. The molecule has 2 heterocycles. The first-order chi connectivity index (χ1) is 14.9. The lowest BCUT2D eigenvalue weighted by atomic mass is 10.1. The Morgan fingerprint density at radius 2 is 2.00 bits per heavy atom. The molecule has 1 fully saturated rings. The number of benzene rings is 1. The monoisotopic (exact) mass is 428 g/mol. The SMILES string of the molecule is CCCC(CC)Oc1ccc(O)cn1.O=C1CCc2c(F)cc(N3CCCC3=O)cc21. The van der Waals surface area contributed by atoms with E-state index in [9.17, 15) is 14.0 Å². The second-order valence-electron chi connectivity index (χ2n) is 7.82. The first-order valence-corrected chi connectivity index (χ1v) is 10.9. The van der Waals surface area contributed by atoms with Gasteiger partial charge >= 0.3 is 0 Å². The smallest absolute Gasteiger partial charge is 0.227 e. The van der Waals surface area contributed by atoms with Crippen LogP contribution < -0.4 is 9.64 Å². The van der Waals surface area contributed by atoms with Crippen molar-refractivity contribution < 1.29 is 23.8 Å². The zero-order valence-corrected chi connectivity index (χ0v) is 18.1. The van der Waals surface area contributed by atoms with E-state index in [4.69, 9.17) is 9.84 Å². The molecule has 1 aromatic heterocycles. The molecule has 1 amide bonds. The van der Waals surface area contributed by atoms with Crippen molar-refractivity contribution in [2.75, 3.05) is 11.4 Å². The van der Waals surface area contributed by atoms with Gasteiger partial charge in [-0.25, -0.2) is 9.37 Å². The van der Waals surface area contributed by atoms with E-state index in [1.54, 1.807) is 23.1 Å². The molecule has 2 aromatic rings. The highest BCUT2D eigenvalue weighted by atomic mass is 19.1. The van der Waals surface area contributed by atoms with Crippen molar-refractivity contribution in [2.24, 2.45) is 0 Å². The molecule has 0 spiro atoms. The third-order valence-electron chi connectivity index (χ3n) is 5.54. The van der Waals surface area contributed by atoms with Gasteiger partial charge in [0.25, 0.3) is 0 Å². The quantitative estimate of drug-likeness (QED) is 0.713. The first-order valence-electron chi connectivity index (χ1n) is 10.9. The Morgan fingerprint density at radius 1 is 1.19 bits per heavy atom. The van der Waals surface area contributed by atoms with Crippen molar-refractivity contribution in [3.8, 4) is 11.6 Å². The number of Topliss-reactive ketones (excluding diaryl/α,β-unsaturated/α-hetero) is 1. The third-order valence-corrected chi connectivity index (χ3v) is 5.54. The number of fused-ring (bicyclic) bond motifs is 1. The summed E-state index contributed by atoms with van der Waals surface area (Å²) in [5.74, 6) is 0.384. The van der Waals surface area contributed by atoms with Crippen LogP contribution >= 0.6 is 0 Å². The van der Waals surface area contributed by atoms with Gasteiger partial charge in [0, 0.05) is 36.7 Å². The van der Waals surface area contributed by atoms with Crippen LogP contribution in [0.3, 0.4) is 0 Å². The Bertz CT molecular complexity index is 930. The minimum atomic E-state index is -0.358. The topological polar surface area (TPSA) is 79.7 Å². The molecule has 166 valence electrons. The summed E-state index contributed by atoms with van der Waals surface area (Å²) in [5.41, 5.74) is 1.49. The highest BCUT2D eigenvalue weighted by Gasteiger charge is 2.28. The first kappa shape index (κ1) is 22.7. The van der Waals surface area contributed by atoms with E-state index in [0.717, 1.165) is 25.7 Å². The number of aromatic hydroxyl groups is 1. The van der Waals surface area contributed by atoms with Gasteiger partial charge in [-0.05, 0) is 49.4 Å². The number of aromatic nitrogens is 1. The lowest BCUT2D eigenvalue weighted by Crippen LogP contribution is -2.24. The number of hydrogen-bond donors (Lipinski definition) is 1. The lowest BCUT2D eigenvalue weighted by Gasteiger charge is -2.17. The van der Waals surface area contributed by atoms with Crippen LogP contribution in [0.5, 0.6) is 11.6 Å². The summed E-state index contributed by atoms with van der Waals surface area (Å²) >= 11 is 0. The molecule has 7 heteroatoms. The van der Waals surface area contributed by atoms with Crippen molar-refractivity contribution in [1.29, 1.82) is 0 Å². The number of anilines is 1. The summed E-state index contributed by atoms with van der Waals surface area (Å²) < 4.78 is 19.5. The Balaban J connectivity index is 0.000000180. The summed E-state index contributed by atoms with van der Waals surface area (Å²) in [4.78, 5) is 28.7. The number of ether oxygens (including phenoxy) is 1. The van der Waals surface area contributed by atoms with Gasteiger partial charge in [-0.2, -0.15) is 0 Å². The molecule has 1 aliphatic carbocycles. The summed E-state index contributed by atoms with van der Waals surface area (Å²) in [6.07, 6.45) is 6.92. The molecule has 1 aromatic carbocycles. The molecule has 1 unspecified atom stereocenters. The fourth-order valence-electron chi connectivity index (χ4n) is 3.86. The van der Waals surface area contributed by atoms with E-state index in [1.807, 2.05) is 0 Å². The van der Waals surface area contributed by atoms with E-state index >= 15 is 0 Å². The van der Waals surface area contributed by atoms with E-state index in [-0.39, 0.29) is 29.4 Å². The van der Waals surface area contributed by atoms with Gasteiger partial charge in [0.2, 0.25) is 11.8 Å². The minimum absolute atomic E-state index is 0.00907. The number of nitrogens with zero attached hydrogens (tertiary/aromatic N) is 2. The number of hydrogen-bond acceptors (Lipinski definition) is 5. The predicted octanol–water partition coefficient (Wildman–Crippen LogP) is 4.83. The highest BCUT2D eigenvalue weighted by Crippen LogP contribution is 2.31. The molecule has 4 rings (SSSR count). The van der Waals surface area contributed by atoms with Crippen LogP contribution in [-0.4, -0.2) is 34.4 Å². The molecule has 0 bridgehead atoms. The summed E-state index contributed by atoms with van der Waals surface area (Å²) in [6.45, 7) is 4.85. The summed E-state index contributed by atoms with van der Waals surface area (Å²) in [5, 5.41) is 9.03. The number of halogens is 1. The predicted molar refractivity (Wildman–Crippen MR) is 116 cm³/mol. The minimum Gasteiger partial charge on any atom is -0.506 e. The largest absolute Gasteiger partial charge is 0.506 e. The maximum Gasteiger partial charge on any atom is 0.227 e. The molecular weight excluding hydrogens is 399 g/mol. The van der Waals surface area contributed by atoms with Crippen LogP contribution in [0.2, 0.25) is 0 Å². The van der Waals surface area contributed by atoms with Crippen molar-refractivity contribution in [3.63, 3.8) is 0 Å². The van der Waals surface area contributed by atoms with Crippen LogP contribution in [0, 0.1) is 5.82 Å². The maximum absolute atomic E-state index is 13.8. The third kappa shape index (κ3) is 5.60. The second kappa shape index (κ2) is 10.4. The lowest BCUT2D eigenvalue weighted by molar-refractivity contribution is -0.117. The average molecular weight is 429 g/mol. The number of ketones is 1. The van der Waals surface area contributed by atoms with E-state index in [0.29, 0.717) is 48.5 Å². The molecule has 0 radical (unpaired) electrons. The number of rotatable bonds is 6. The Labute approximate surface area is 182 Å². The summed E-state index contributed by atoms with van der Waals surface area (Å²) in [7, 11) is 0. The van der Waals surface area contributed by atoms with Crippen molar-refractivity contribution >= 4 is 17.4 Å². The van der Waals surface area contributed by atoms with Gasteiger partial charge in [-0.3, -0.25) is 9.59 Å². The Morgan fingerprint density at radius 3 is 2.61 bits per heavy atom. The summed E-state index contributed by atoms with van der Waals surface area (Å²) in [6, 6.07) is 6.31. The van der Waals surface area contributed by atoms with Crippen molar-refractivity contribution in [2.45, 2.75) is 64.9 Å². The van der Waals surface area contributed by atoms with E-state index < -0.39 is 0 Å². The van der Waals surface area contributed by atoms with Gasteiger partial charge in [0.05, 0.1) is 6.20 Å². The fraction of sp³-hybridized carbons (Fsp3) is 0.458. The number of pyridine rings is 1. The fourth-order valence-corrected chi connectivity index (χ4v) is 3.86. The van der Waals surface area contributed by atoms with Gasteiger partial charge in [-0.15, -0.1) is 0 Å². The van der Waals surface area contributed by atoms with E-state index in [2.05, 4.69) is 18.8 Å². The van der Waals surface area contributed by atoms with Gasteiger partial charge < -0.3 is 14.7 Å². The van der Waals surface area contributed by atoms with Crippen LogP contribution in [0.25, 0.3) is 0 Å². The Kier molecular flexibility index (Phi) is 7.60. The number of amides is 1. The molecule has 1 atom stereocenters. The van der Waals surface area contributed by atoms with E-state index in [1.165, 1.54) is 12.3 Å². The zero-order chi connectivity index (χ0) is 22.4. The molecule has 1 saturated heterocycles. The average Bonchev–Trinajstić information content (AvgIpc) is 3.35. The second-order valence-corrected chi connectivity index (χ2v) is 7.82. The van der Waals surface area contributed by atoms with Gasteiger partial charge in [-0.1, -0.05) is 20.3 Å². The molecule has 2 aliphatic rings. The number of carbonyl (C=O) groups is 2. The molecular formula is C24H29FN2O4.